The first-order valence-electron chi connectivity index (χ1n) is 10.00. The number of rotatable bonds is 3. The summed E-state index contributed by atoms with van der Waals surface area (Å²) in [6.07, 6.45) is -10.4. The zero-order valence-electron chi connectivity index (χ0n) is 17.9. The standard InChI is InChI=1S/C20H38O8/c1-9-11(21)14(24)16(17(26-9)20(5,6)7)28-18-15(25)13(23)12(22)10(27-18)8-19(2,3)4/h9-18,21-25H,8H2,1-7H3/t9?,10?,11-,12+,13+,14-,15?,16?,17+,18-/m0/s1. The highest BCUT2D eigenvalue weighted by atomic mass is 16.7. The van der Waals surface area contributed by atoms with Crippen LogP contribution in [0.15, 0.2) is 0 Å². The lowest BCUT2D eigenvalue weighted by Crippen LogP contribution is -2.65. The lowest BCUT2D eigenvalue weighted by atomic mass is 9.80. The van der Waals surface area contributed by atoms with Crippen molar-refractivity contribution in [2.24, 2.45) is 10.8 Å². The molecule has 8 heteroatoms. The Kier molecular flexibility index (Phi) is 7.21. The summed E-state index contributed by atoms with van der Waals surface area (Å²) in [4.78, 5) is 0. The van der Waals surface area contributed by atoms with Crippen LogP contribution in [0.5, 0.6) is 0 Å². The van der Waals surface area contributed by atoms with Crippen molar-refractivity contribution in [3.05, 3.63) is 0 Å². The van der Waals surface area contributed by atoms with Crippen molar-refractivity contribution in [3.63, 3.8) is 0 Å². The Morgan fingerprint density at radius 2 is 1.32 bits per heavy atom. The highest BCUT2D eigenvalue weighted by Gasteiger charge is 2.52. The van der Waals surface area contributed by atoms with Crippen molar-refractivity contribution in [2.75, 3.05) is 0 Å². The quantitative estimate of drug-likeness (QED) is 0.449. The van der Waals surface area contributed by atoms with Gasteiger partial charge in [0, 0.05) is 0 Å². The summed E-state index contributed by atoms with van der Waals surface area (Å²) in [6, 6.07) is 0. The number of aliphatic hydroxyl groups excluding tert-OH is 5. The Balaban J connectivity index is 2.24. The molecule has 28 heavy (non-hydrogen) atoms. The molecule has 5 N–H and O–H groups in total. The Morgan fingerprint density at radius 1 is 0.750 bits per heavy atom. The SMILES string of the molecule is CC1O[C@@H](C(C)(C)C)C(O[C@@H]2OC(CC(C)(C)C)[C@@H](O)[C@@H](O)C2O)[C@@H](O)[C@H]1O. The molecule has 2 aliphatic heterocycles. The first kappa shape index (κ1) is 24.0. The van der Waals surface area contributed by atoms with Gasteiger partial charge in [-0.25, -0.2) is 0 Å². The lowest BCUT2D eigenvalue weighted by molar-refractivity contribution is -0.345. The second-order valence-electron chi connectivity index (χ2n) is 10.5. The van der Waals surface area contributed by atoms with Gasteiger partial charge in [-0.15, -0.1) is 0 Å². The van der Waals surface area contributed by atoms with Gasteiger partial charge in [0.25, 0.3) is 0 Å². The van der Waals surface area contributed by atoms with Gasteiger partial charge in [-0.3, -0.25) is 0 Å². The van der Waals surface area contributed by atoms with E-state index in [0.29, 0.717) is 6.42 Å². The molecule has 2 rings (SSSR count). The smallest absolute Gasteiger partial charge is 0.187 e. The summed E-state index contributed by atoms with van der Waals surface area (Å²) >= 11 is 0. The first-order chi connectivity index (χ1) is 12.6. The molecule has 0 aliphatic carbocycles. The van der Waals surface area contributed by atoms with Crippen LogP contribution in [0.25, 0.3) is 0 Å². The van der Waals surface area contributed by atoms with E-state index >= 15 is 0 Å². The number of ether oxygens (including phenoxy) is 3. The van der Waals surface area contributed by atoms with Crippen molar-refractivity contribution in [1.82, 2.24) is 0 Å². The second kappa shape index (κ2) is 8.43. The number of hydrogen-bond acceptors (Lipinski definition) is 8. The normalized spacial score (nSPS) is 45.9. The van der Waals surface area contributed by atoms with Crippen molar-refractivity contribution < 1.29 is 39.7 Å². The topological polar surface area (TPSA) is 129 Å². The van der Waals surface area contributed by atoms with Crippen LogP contribution >= 0.6 is 0 Å². The van der Waals surface area contributed by atoms with Crippen molar-refractivity contribution in [1.29, 1.82) is 0 Å². The highest BCUT2D eigenvalue weighted by Crippen LogP contribution is 2.37. The fourth-order valence-electron chi connectivity index (χ4n) is 3.85. The Hall–Kier alpha value is -0.320. The van der Waals surface area contributed by atoms with Crippen molar-refractivity contribution >= 4 is 0 Å². The molecule has 0 aromatic heterocycles. The summed E-state index contributed by atoms with van der Waals surface area (Å²) in [5.74, 6) is 0. The average molecular weight is 407 g/mol. The van der Waals surface area contributed by atoms with E-state index in [1.807, 2.05) is 41.5 Å². The zero-order chi connectivity index (χ0) is 21.6. The monoisotopic (exact) mass is 406 g/mol. The highest BCUT2D eigenvalue weighted by molar-refractivity contribution is 4.98. The van der Waals surface area contributed by atoms with Gasteiger partial charge < -0.3 is 39.7 Å². The van der Waals surface area contributed by atoms with Gasteiger partial charge in [0.2, 0.25) is 0 Å². The molecule has 166 valence electrons. The van der Waals surface area contributed by atoms with Crippen LogP contribution in [-0.2, 0) is 14.2 Å². The molecular formula is C20H38O8. The van der Waals surface area contributed by atoms with Gasteiger partial charge in [0.15, 0.2) is 6.29 Å². The zero-order valence-corrected chi connectivity index (χ0v) is 17.9. The summed E-state index contributed by atoms with van der Waals surface area (Å²) in [5, 5.41) is 51.9. The fraction of sp³-hybridized carbons (Fsp3) is 1.00. The van der Waals surface area contributed by atoms with E-state index in [9.17, 15) is 25.5 Å². The molecule has 4 unspecified atom stereocenters. The minimum atomic E-state index is -1.50. The van der Waals surface area contributed by atoms with Gasteiger partial charge >= 0.3 is 0 Å². The number of aliphatic hydroxyl groups is 5. The maximum Gasteiger partial charge on any atom is 0.187 e. The molecule has 2 heterocycles. The number of hydrogen-bond donors (Lipinski definition) is 5. The molecule has 0 aromatic rings. The van der Waals surface area contributed by atoms with Crippen LogP contribution in [0, 0.1) is 10.8 Å². The molecule has 8 nitrogen and oxygen atoms in total. The minimum Gasteiger partial charge on any atom is -0.388 e. The van der Waals surface area contributed by atoms with E-state index in [0.717, 1.165) is 0 Å². The molecule has 0 aromatic carbocycles. The van der Waals surface area contributed by atoms with Gasteiger partial charge in [-0.1, -0.05) is 41.5 Å². The first-order valence-corrected chi connectivity index (χ1v) is 10.00. The van der Waals surface area contributed by atoms with E-state index in [2.05, 4.69) is 0 Å². The molecule has 10 atom stereocenters. The Morgan fingerprint density at radius 3 is 1.82 bits per heavy atom. The van der Waals surface area contributed by atoms with Gasteiger partial charge in [-0.2, -0.15) is 0 Å². The largest absolute Gasteiger partial charge is 0.388 e. The Bertz CT molecular complexity index is 513. The van der Waals surface area contributed by atoms with Crippen LogP contribution in [0.2, 0.25) is 0 Å². The van der Waals surface area contributed by atoms with Gasteiger partial charge in [-0.05, 0) is 24.2 Å². The maximum absolute atomic E-state index is 10.6. The fourth-order valence-corrected chi connectivity index (χ4v) is 3.85. The van der Waals surface area contributed by atoms with E-state index in [4.69, 9.17) is 14.2 Å². The molecule has 2 fully saturated rings. The third kappa shape index (κ3) is 5.23. The van der Waals surface area contributed by atoms with Gasteiger partial charge in [0.1, 0.15) is 36.6 Å². The van der Waals surface area contributed by atoms with Crippen molar-refractivity contribution in [3.8, 4) is 0 Å². The van der Waals surface area contributed by atoms with Crippen LogP contribution < -0.4 is 0 Å². The summed E-state index contributed by atoms with van der Waals surface area (Å²) in [6.45, 7) is 13.4. The van der Waals surface area contributed by atoms with Crippen LogP contribution in [0.3, 0.4) is 0 Å². The second-order valence-corrected chi connectivity index (χ2v) is 10.5. The molecule has 2 saturated heterocycles. The third-order valence-electron chi connectivity index (χ3n) is 5.45. The average Bonchev–Trinajstić information content (AvgIpc) is 2.54. The predicted octanol–water partition coefficient (Wildman–Crippen LogP) is 0.171. The van der Waals surface area contributed by atoms with E-state index in [-0.39, 0.29) is 5.41 Å². The lowest BCUT2D eigenvalue weighted by Gasteiger charge is -2.49. The molecule has 0 bridgehead atoms. The minimum absolute atomic E-state index is 0.189. The molecular weight excluding hydrogens is 368 g/mol. The van der Waals surface area contributed by atoms with E-state index in [1.54, 1.807) is 6.92 Å². The van der Waals surface area contributed by atoms with Crippen LogP contribution in [0.1, 0.15) is 54.9 Å². The molecule has 0 radical (unpaired) electrons. The summed E-state index contributed by atoms with van der Waals surface area (Å²) < 4.78 is 17.6. The summed E-state index contributed by atoms with van der Waals surface area (Å²) in [7, 11) is 0. The molecule has 0 saturated carbocycles. The van der Waals surface area contributed by atoms with Gasteiger partial charge in [0.05, 0.1) is 18.3 Å². The third-order valence-corrected chi connectivity index (χ3v) is 5.45. The molecule has 0 spiro atoms. The van der Waals surface area contributed by atoms with Crippen LogP contribution in [-0.4, -0.2) is 86.8 Å². The molecule has 2 aliphatic rings. The summed E-state index contributed by atoms with van der Waals surface area (Å²) in [5.41, 5.74) is -0.617. The van der Waals surface area contributed by atoms with E-state index < -0.39 is 66.6 Å². The molecule has 0 amide bonds. The van der Waals surface area contributed by atoms with Crippen molar-refractivity contribution in [2.45, 2.75) is 116 Å². The van der Waals surface area contributed by atoms with E-state index in [1.165, 1.54) is 0 Å². The Labute approximate surface area is 167 Å². The maximum atomic E-state index is 10.6. The van der Waals surface area contributed by atoms with Crippen LogP contribution in [0.4, 0.5) is 0 Å². The predicted molar refractivity (Wildman–Crippen MR) is 101 cm³/mol.